The van der Waals surface area contributed by atoms with Gasteiger partial charge in [-0.05, 0) is 103 Å². The Morgan fingerprint density at radius 3 is 2.67 bits per heavy atom. The summed E-state index contributed by atoms with van der Waals surface area (Å²) in [5.41, 5.74) is 0.848. The molecule has 1 heterocycles. The lowest BCUT2D eigenvalue weighted by molar-refractivity contribution is -0.155. The van der Waals surface area contributed by atoms with Gasteiger partial charge in [0, 0.05) is 5.92 Å². The topological polar surface area (TPSA) is 17.1 Å². The lowest BCUT2D eigenvalue weighted by Crippen LogP contribution is -2.57. The molecule has 1 aromatic heterocycles. The summed E-state index contributed by atoms with van der Waals surface area (Å²) >= 11 is 3.54. The number of carbonyl (C=O) groups excluding carboxylic acids is 1. The normalized spacial score (nSPS) is 45.8. The lowest BCUT2D eigenvalue weighted by atomic mass is 9.41. The summed E-state index contributed by atoms with van der Waals surface area (Å²) in [5.74, 6) is 6.05. The van der Waals surface area contributed by atoms with Crippen LogP contribution in [-0.4, -0.2) is 11.5 Å². The molecule has 0 bridgehead atoms. The van der Waals surface area contributed by atoms with E-state index in [0.717, 1.165) is 36.0 Å². The minimum absolute atomic E-state index is 0.262. The van der Waals surface area contributed by atoms with Crippen molar-refractivity contribution in [1.82, 2.24) is 0 Å². The second-order valence-corrected chi connectivity index (χ2v) is 14.0. The molecule has 4 saturated carbocycles. The summed E-state index contributed by atoms with van der Waals surface area (Å²) in [5, 5.41) is 2.12. The summed E-state index contributed by atoms with van der Waals surface area (Å²) < 4.78 is 1.29. The number of hydrogen-bond acceptors (Lipinski definition) is 3. The number of fused-ring (bicyclic) bond motifs is 5. The molecule has 0 amide bonds. The Labute approximate surface area is 192 Å². The fraction of sp³-hybridized carbons (Fsp3) is 0.815. The van der Waals surface area contributed by atoms with E-state index in [4.69, 9.17) is 0 Å². The molecule has 4 aliphatic carbocycles. The Bertz CT molecular complexity index is 757. The average molecular weight is 445 g/mol. The van der Waals surface area contributed by atoms with Crippen LogP contribution < -0.4 is 0 Å². The fourth-order valence-corrected chi connectivity index (χ4v) is 10.5. The van der Waals surface area contributed by atoms with E-state index >= 15 is 0 Å². The second kappa shape index (κ2) is 8.25. The minimum atomic E-state index is 0.262. The SMILES string of the molecule is C[C@H]1CC[C@@]2(C)[C@@H](CC[C@@H]3[C@@H]2CC[C@]2(C)[C@@H](C(=O)CSc4cccs4)CCC[C@@H]32)C1. The third kappa shape index (κ3) is 3.54. The molecule has 0 unspecified atom stereocenters. The van der Waals surface area contributed by atoms with E-state index in [0.29, 0.717) is 22.9 Å². The third-order valence-corrected chi connectivity index (χ3v) is 12.6. The molecule has 5 rings (SSSR count). The molecular weight excluding hydrogens is 404 g/mol. The highest BCUT2D eigenvalue weighted by Crippen LogP contribution is 2.66. The molecule has 1 aromatic rings. The van der Waals surface area contributed by atoms with E-state index < -0.39 is 0 Å². The molecule has 0 N–H and O–H groups in total. The monoisotopic (exact) mass is 444 g/mol. The fourth-order valence-electron chi connectivity index (χ4n) is 8.79. The molecule has 3 heteroatoms. The van der Waals surface area contributed by atoms with Crippen LogP contribution in [0.25, 0.3) is 0 Å². The van der Waals surface area contributed by atoms with Gasteiger partial charge in [-0.25, -0.2) is 0 Å². The van der Waals surface area contributed by atoms with Gasteiger partial charge in [0.1, 0.15) is 5.78 Å². The minimum Gasteiger partial charge on any atom is -0.298 e. The number of Topliss-reactive ketones (excluding diaryl/α,β-unsaturated/α-hetero) is 1. The standard InChI is InChI=1S/C27H40OS2/c1-18-11-13-26(2)19(16-18)9-10-20-21-6-4-7-23(27(21,3)14-12-22(20)26)24(28)17-30-25-8-5-15-29-25/h5,8,15,18-23H,4,6-7,9-14,16-17H2,1-3H3/t18-,19-,20-,21-,22-,23+,26-,27-/m0/s1. The largest absolute Gasteiger partial charge is 0.298 e. The zero-order valence-electron chi connectivity index (χ0n) is 19.2. The van der Waals surface area contributed by atoms with Crippen molar-refractivity contribution in [2.75, 3.05) is 5.75 Å². The van der Waals surface area contributed by atoms with Crippen LogP contribution in [0, 0.1) is 46.3 Å². The van der Waals surface area contributed by atoms with Crippen molar-refractivity contribution >= 4 is 28.9 Å². The van der Waals surface area contributed by atoms with Gasteiger partial charge in [-0.15, -0.1) is 23.1 Å². The van der Waals surface area contributed by atoms with Gasteiger partial charge in [-0.1, -0.05) is 39.7 Å². The first kappa shape index (κ1) is 21.6. The number of thioether (sulfide) groups is 1. The maximum atomic E-state index is 13.4. The van der Waals surface area contributed by atoms with Crippen LogP contribution >= 0.6 is 23.1 Å². The van der Waals surface area contributed by atoms with Crippen molar-refractivity contribution in [3.05, 3.63) is 17.5 Å². The van der Waals surface area contributed by atoms with E-state index in [1.165, 1.54) is 62.0 Å². The molecule has 0 aromatic carbocycles. The van der Waals surface area contributed by atoms with Crippen LogP contribution in [0.2, 0.25) is 0 Å². The molecule has 1 nitrogen and oxygen atoms in total. The Balaban J connectivity index is 1.33. The van der Waals surface area contributed by atoms with Crippen molar-refractivity contribution < 1.29 is 4.79 Å². The molecule has 0 spiro atoms. The summed E-state index contributed by atoms with van der Waals surface area (Å²) in [4.78, 5) is 13.4. The van der Waals surface area contributed by atoms with Gasteiger partial charge < -0.3 is 0 Å². The van der Waals surface area contributed by atoms with E-state index in [9.17, 15) is 4.79 Å². The van der Waals surface area contributed by atoms with Gasteiger partial charge >= 0.3 is 0 Å². The molecule has 30 heavy (non-hydrogen) atoms. The van der Waals surface area contributed by atoms with Crippen molar-refractivity contribution in [1.29, 1.82) is 0 Å². The van der Waals surface area contributed by atoms with E-state index in [1.807, 2.05) is 0 Å². The molecule has 166 valence electrons. The van der Waals surface area contributed by atoms with Crippen molar-refractivity contribution in [3.63, 3.8) is 0 Å². The van der Waals surface area contributed by atoms with Crippen molar-refractivity contribution in [2.24, 2.45) is 46.3 Å². The number of thiophene rings is 1. The molecular formula is C27H40OS2. The van der Waals surface area contributed by atoms with Crippen LogP contribution in [0.4, 0.5) is 0 Å². The van der Waals surface area contributed by atoms with E-state index in [1.54, 1.807) is 23.1 Å². The first-order chi connectivity index (χ1) is 14.4. The summed E-state index contributed by atoms with van der Waals surface area (Å²) in [6.45, 7) is 7.68. The zero-order valence-corrected chi connectivity index (χ0v) is 20.8. The zero-order chi connectivity index (χ0) is 20.9. The first-order valence-electron chi connectivity index (χ1n) is 12.6. The van der Waals surface area contributed by atoms with E-state index in [2.05, 4.69) is 38.3 Å². The lowest BCUT2D eigenvalue weighted by Gasteiger charge is -2.63. The van der Waals surface area contributed by atoms with Gasteiger partial charge in [-0.2, -0.15) is 0 Å². The highest BCUT2D eigenvalue weighted by Gasteiger charge is 2.59. The van der Waals surface area contributed by atoms with Crippen LogP contribution in [0.15, 0.2) is 21.7 Å². The van der Waals surface area contributed by atoms with Crippen LogP contribution in [0.5, 0.6) is 0 Å². The highest BCUT2D eigenvalue weighted by atomic mass is 32.2. The Hall–Kier alpha value is -0.280. The number of ketones is 1. The Morgan fingerprint density at radius 1 is 1.07 bits per heavy atom. The van der Waals surface area contributed by atoms with Crippen LogP contribution in [0.3, 0.4) is 0 Å². The first-order valence-corrected chi connectivity index (χ1v) is 14.5. The van der Waals surface area contributed by atoms with Gasteiger partial charge in [0.15, 0.2) is 0 Å². The van der Waals surface area contributed by atoms with Gasteiger partial charge in [0.25, 0.3) is 0 Å². The van der Waals surface area contributed by atoms with Crippen molar-refractivity contribution in [3.8, 4) is 0 Å². The predicted octanol–water partition coefficient (Wildman–Crippen LogP) is 8.09. The van der Waals surface area contributed by atoms with E-state index in [-0.39, 0.29) is 5.41 Å². The molecule has 8 atom stereocenters. The average Bonchev–Trinajstić information content (AvgIpc) is 3.25. The number of hydrogen-bond donors (Lipinski definition) is 0. The van der Waals surface area contributed by atoms with Crippen LogP contribution in [0.1, 0.15) is 85.0 Å². The Kier molecular flexibility index (Phi) is 5.93. The molecule has 4 aliphatic rings. The highest BCUT2D eigenvalue weighted by molar-refractivity contribution is 8.01. The molecule has 4 fully saturated rings. The maximum Gasteiger partial charge on any atom is 0.146 e. The second-order valence-electron chi connectivity index (χ2n) is 11.8. The van der Waals surface area contributed by atoms with Gasteiger partial charge in [-0.3, -0.25) is 4.79 Å². The molecule has 0 aliphatic heterocycles. The summed E-state index contributed by atoms with van der Waals surface area (Å²) in [6, 6.07) is 4.25. The smallest absolute Gasteiger partial charge is 0.146 e. The number of rotatable bonds is 4. The predicted molar refractivity (Wildman–Crippen MR) is 129 cm³/mol. The van der Waals surface area contributed by atoms with Gasteiger partial charge in [0.2, 0.25) is 0 Å². The van der Waals surface area contributed by atoms with Crippen LogP contribution in [-0.2, 0) is 4.79 Å². The molecule has 0 saturated heterocycles. The third-order valence-electron chi connectivity index (χ3n) is 10.4. The maximum absolute atomic E-state index is 13.4. The summed E-state index contributed by atoms with van der Waals surface area (Å²) in [6.07, 6.45) is 13.8. The Morgan fingerprint density at radius 2 is 1.87 bits per heavy atom. The van der Waals surface area contributed by atoms with Crippen molar-refractivity contribution in [2.45, 2.75) is 89.2 Å². The quantitative estimate of drug-likeness (QED) is 0.436. The number of carbonyl (C=O) groups is 1. The van der Waals surface area contributed by atoms with Gasteiger partial charge in [0.05, 0.1) is 9.96 Å². The molecule has 0 radical (unpaired) electrons. The summed E-state index contributed by atoms with van der Waals surface area (Å²) in [7, 11) is 0.